The van der Waals surface area contributed by atoms with Crippen LogP contribution < -0.4 is 10.6 Å². The molecular weight excluding hydrogens is 172 g/mol. The highest BCUT2D eigenvalue weighted by Crippen LogP contribution is 2.34. The molecule has 0 spiro atoms. The molecular formula is C12H24N2. The van der Waals surface area contributed by atoms with Gasteiger partial charge in [0.05, 0.1) is 0 Å². The van der Waals surface area contributed by atoms with Gasteiger partial charge in [0.15, 0.2) is 0 Å². The first-order chi connectivity index (χ1) is 6.90. The molecule has 2 bridgehead atoms. The van der Waals surface area contributed by atoms with Crippen molar-refractivity contribution in [2.24, 2.45) is 5.92 Å². The van der Waals surface area contributed by atoms with Crippen LogP contribution >= 0.6 is 0 Å². The smallest absolute Gasteiger partial charge is 0.0223 e. The third kappa shape index (κ3) is 2.48. The number of piperidine rings is 1. The molecule has 14 heavy (non-hydrogen) atoms. The van der Waals surface area contributed by atoms with Gasteiger partial charge in [-0.1, -0.05) is 19.8 Å². The molecule has 2 fully saturated rings. The first-order valence-corrected chi connectivity index (χ1v) is 6.37. The zero-order chi connectivity index (χ0) is 9.80. The van der Waals surface area contributed by atoms with Gasteiger partial charge in [0.2, 0.25) is 0 Å². The summed E-state index contributed by atoms with van der Waals surface area (Å²) in [5, 5.41) is 7.30. The number of nitrogens with one attached hydrogen (secondary N) is 2. The van der Waals surface area contributed by atoms with Crippen LogP contribution in [0.25, 0.3) is 0 Å². The Hall–Kier alpha value is -0.0800. The van der Waals surface area contributed by atoms with E-state index in [2.05, 4.69) is 17.6 Å². The molecule has 2 nitrogen and oxygen atoms in total. The SMILES string of the molecule is CCCCCNC[C@H]1N[C@@H]2CC[C@H]1C2. The second kappa shape index (κ2) is 5.13. The molecule has 0 unspecified atom stereocenters. The molecule has 1 aliphatic carbocycles. The van der Waals surface area contributed by atoms with Gasteiger partial charge in [0, 0.05) is 18.6 Å². The molecule has 1 aliphatic heterocycles. The summed E-state index contributed by atoms with van der Waals surface area (Å²) in [6.45, 7) is 4.67. The Labute approximate surface area is 87.8 Å². The van der Waals surface area contributed by atoms with E-state index in [9.17, 15) is 0 Å². The van der Waals surface area contributed by atoms with Crippen LogP contribution in [0.1, 0.15) is 45.4 Å². The van der Waals surface area contributed by atoms with Crippen molar-refractivity contribution in [2.45, 2.75) is 57.5 Å². The lowest BCUT2D eigenvalue weighted by Gasteiger charge is -2.23. The lowest BCUT2D eigenvalue weighted by Crippen LogP contribution is -2.43. The van der Waals surface area contributed by atoms with Crippen LogP contribution in [-0.4, -0.2) is 25.2 Å². The van der Waals surface area contributed by atoms with Crippen molar-refractivity contribution in [3.63, 3.8) is 0 Å². The maximum absolute atomic E-state index is 3.72. The van der Waals surface area contributed by atoms with Crippen molar-refractivity contribution < 1.29 is 0 Å². The number of hydrogen-bond donors (Lipinski definition) is 2. The Balaban J connectivity index is 1.54. The second-order valence-electron chi connectivity index (χ2n) is 4.95. The quantitative estimate of drug-likeness (QED) is 0.634. The zero-order valence-electron chi connectivity index (χ0n) is 9.39. The molecule has 3 atom stereocenters. The zero-order valence-corrected chi connectivity index (χ0v) is 9.39. The van der Waals surface area contributed by atoms with E-state index in [1.165, 1.54) is 51.6 Å². The number of unbranched alkanes of at least 4 members (excludes halogenated alkanes) is 2. The average molecular weight is 196 g/mol. The summed E-state index contributed by atoms with van der Waals surface area (Å²) in [4.78, 5) is 0. The van der Waals surface area contributed by atoms with Gasteiger partial charge in [-0.2, -0.15) is 0 Å². The molecule has 0 aromatic carbocycles. The molecule has 0 aromatic heterocycles. The molecule has 1 saturated heterocycles. The first-order valence-electron chi connectivity index (χ1n) is 6.37. The summed E-state index contributed by atoms with van der Waals surface area (Å²) in [6, 6.07) is 1.65. The lowest BCUT2D eigenvalue weighted by atomic mass is 10.00. The van der Waals surface area contributed by atoms with Gasteiger partial charge in [-0.15, -0.1) is 0 Å². The Morgan fingerprint density at radius 1 is 1.29 bits per heavy atom. The highest BCUT2D eigenvalue weighted by molar-refractivity contribution is 4.97. The molecule has 0 aromatic rings. The van der Waals surface area contributed by atoms with Crippen LogP contribution in [0.4, 0.5) is 0 Å². The highest BCUT2D eigenvalue weighted by Gasteiger charge is 2.38. The number of fused-ring (bicyclic) bond motifs is 2. The maximum Gasteiger partial charge on any atom is 0.0223 e. The standard InChI is InChI=1S/C12H24N2/c1-2-3-4-7-13-9-12-10-5-6-11(8-10)14-12/h10-14H,2-9H2,1H3/t10-,11+,12+/m0/s1. The highest BCUT2D eigenvalue weighted by atomic mass is 15.1. The predicted octanol–water partition coefficient (Wildman–Crippen LogP) is 1.91. The van der Waals surface area contributed by atoms with Crippen LogP contribution in [0.15, 0.2) is 0 Å². The van der Waals surface area contributed by atoms with Gasteiger partial charge in [-0.3, -0.25) is 0 Å². The fourth-order valence-electron chi connectivity index (χ4n) is 2.96. The van der Waals surface area contributed by atoms with Crippen molar-refractivity contribution in [2.75, 3.05) is 13.1 Å². The van der Waals surface area contributed by atoms with Gasteiger partial charge < -0.3 is 10.6 Å². The van der Waals surface area contributed by atoms with E-state index in [1.807, 2.05) is 0 Å². The van der Waals surface area contributed by atoms with E-state index in [0.717, 1.165) is 18.0 Å². The van der Waals surface area contributed by atoms with Crippen LogP contribution in [0.5, 0.6) is 0 Å². The van der Waals surface area contributed by atoms with Gasteiger partial charge >= 0.3 is 0 Å². The Bertz CT molecular complexity index is 170. The lowest BCUT2D eigenvalue weighted by molar-refractivity contribution is 0.364. The normalized spacial score (nSPS) is 35.4. The van der Waals surface area contributed by atoms with Crippen molar-refractivity contribution in [1.82, 2.24) is 10.6 Å². The Morgan fingerprint density at radius 3 is 2.86 bits per heavy atom. The number of rotatable bonds is 6. The summed E-state index contributed by atoms with van der Waals surface area (Å²) in [5.74, 6) is 0.985. The van der Waals surface area contributed by atoms with E-state index in [0.29, 0.717) is 0 Å². The summed E-state index contributed by atoms with van der Waals surface area (Å²) in [7, 11) is 0. The van der Waals surface area contributed by atoms with Gasteiger partial charge in [0.25, 0.3) is 0 Å². The second-order valence-corrected chi connectivity index (χ2v) is 4.95. The fraction of sp³-hybridized carbons (Fsp3) is 1.00. The molecule has 2 rings (SSSR count). The van der Waals surface area contributed by atoms with Gasteiger partial charge in [-0.05, 0) is 38.1 Å². The third-order valence-corrected chi connectivity index (χ3v) is 3.81. The summed E-state index contributed by atoms with van der Waals surface area (Å²) < 4.78 is 0. The van der Waals surface area contributed by atoms with E-state index in [4.69, 9.17) is 0 Å². The minimum atomic E-state index is 0.787. The molecule has 0 radical (unpaired) electrons. The van der Waals surface area contributed by atoms with Crippen molar-refractivity contribution >= 4 is 0 Å². The van der Waals surface area contributed by atoms with Crippen LogP contribution in [0.3, 0.4) is 0 Å². The van der Waals surface area contributed by atoms with E-state index < -0.39 is 0 Å². The first kappa shape index (κ1) is 10.4. The molecule has 2 N–H and O–H groups in total. The van der Waals surface area contributed by atoms with Crippen molar-refractivity contribution in [3.05, 3.63) is 0 Å². The third-order valence-electron chi connectivity index (χ3n) is 3.81. The topological polar surface area (TPSA) is 24.1 Å². The monoisotopic (exact) mass is 196 g/mol. The van der Waals surface area contributed by atoms with Crippen LogP contribution in [0.2, 0.25) is 0 Å². The van der Waals surface area contributed by atoms with E-state index in [1.54, 1.807) is 0 Å². The summed E-state index contributed by atoms with van der Waals surface area (Å²) in [6.07, 6.45) is 8.39. The molecule has 2 heteroatoms. The van der Waals surface area contributed by atoms with Crippen molar-refractivity contribution in [1.29, 1.82) is 0 Å². The number of hydrogen-bond acceptors (Lipinski definition) is 2. The van der Waals surface area contributed by atoms with Gasteiger partial charge in [-0.25, -0.2) is 0 Å². The molecule has 1 heterocycles. The summed E-state index contributed by atoms with van der Waals surface area (Å²) in [5.41, 5.74) is 0. The largest absolute Gasteiger partial charge is 0.315 e. The Kier molecular flexibility index (Phi) is 3.82. The van der Waals surface area contributed by atoms with E-state index >= 15 is 0 Å². The van der Waals surface area contributed by atoms with E-state index in [-0.39, 0.29) is 0 Å². The molecule has 0 amide bonds. The Morgan fingerprint density at radius 2 is 2.21 bits per heavy atom. The van der Waals surface area contributed by atoms with Crippen LogP contribution in [-0.2, 0) is 0 Å². The minimum Gasteiger partial charge on any atom is -0.315 e. The molecule has 2 aliphatic rings. The van der Waals surface area contributed by atoms with Crippen LogP contribution in [0, 0.1) is 5.92 Å². The van der Waals surface area contributed by atoms with Gasteiger partial charge in [0.1, 0.15) is 0 Å². The minimum absolute atomic E-state index is 0.787. The average Bonchev–Trinajstić information content (AvgIpc) is 2.79. The molecule has 1 saturated carbocycles. The predicted molar refractivity (Wildman–Crippen MR) is 60.4 cm³/mol. The fourth-order valence-corrected chi connectivity index (χ4v) is 2.96. The molecule has 82 valence electrons. The summed E-state index contributed by atoms with van der Waals surface area (Å²) >= 11 is 0. The van der Waals surface area contributed by atoms with Crippen molar-refractivity contribution in [3.8, 4) is 0 Å². The maximum atomic E-state index is 3.72.